The molecule has 0 aliphatic carbocycles. The maximum absolute atomic E-state index is 12.3. The molecule has 0 radical (unpaired) electrons. The minimum atomic E-state index is 0.368. The van der Waals surface area contributed by atoms with E-state index in [4.69, 9.17) is 11.6 Å². The SMILES string of the molecule is O=C(CC[C@@H]1CCCN(Cc2sc3ccccc3c2Cl)C1)N1CCCC1. The summed E-state index contributed by atoms with van der Waals surface area (Å²) in [5, 5.41) is 2.11. The second-order valence-electron chi connectivity index (χ2n) is 7.71. The number of hydrogen-bond acceptors (Lipinski definition) is 3. The van der Waals surface area contributed by atoms with Gasteiger partial charge in [0.1, 0.15) is 0 Å². The van der Waals surface area contributed by atoms with Crippen LogP contribution in [-0.4, -0.2) is 41.9 Å². The smallest absolute Gasteiger partial charge is 0.222 e. The van der Waals surface area contributed by atoms with E-state index in [1.54, 1.807) is 0 Å². The Kier molecular flexibility index (Phi) is 5.82. The Labute approximate surface area is 164 Å². The first-order chi connectivity index (χ1) is 12.7. The highest BCUT2D eigenvalue weighted by Crippen LogP contribution is 2.36. The van der Waals surface area contributed by atoms with Crippen molar-refractivity contribution in [2.45, 2.75) is 45.1 Å². The zero-order valence-electron chi connectivity index (χ0n) is 15.3. The number of piperidine rings is 1. The standard InChI is InChI=1S/C21H27ClN2OS/c22-21-17-7-1-2-8-18(17)26-19(21)15-23-11-5-6-16(14-23)9-10-20(25)24-12-3-4-13-24/h1-2,7-8,16H,3-6,9-15H2/t16-/m0/s1. The highest BCUT2D eigenvalue weighted by atomic mass is 35.5. The van der Waals surface area contributed by atoms with Gasteiger partial charge in [-0.25, -0.2) is 0 Å². The van der Waals surface area contributed by atoms with E-state index in [9.17, 15) is 4.79 Å². The largest absolute Gasteiger partial charge is 0.343 e. The molecular formula is C21H27ClN2OS. The number of halogens is 1. The number of thiophene rings is 1. The lowest BCUT2D eigenvalue weighted by Gasteiger charge is -2.32. The van der Waals surface area contributed by atoms with Gasteiger partial charge in [-0.3, -0.25) is 9.69 Å². The van der Waals surface area contributed by atoms with Crippen molar-refractivity contribution in [2.75, 3.05) is 26.2 Å². The Balaban J connectivity index is 1.33. The highest BCUT2D eigenvalue weighted by molar-refractivity contribution is 7.19. The van der Waals surface area contributed by atoms with Gasteiger partial charge in [-0.05, 0) is 50.6 Å². The van der Waals surface area contributed by atoms with E-state index in [2.05, 4.69) is 34.1 Å². The van der Waals surface area contributed by atoms with E-state index in [1.807, 2.05) is 11.3 Å². The minimum absolute atomic E-state index is 0.368. The van der Waals surface area contributed by atoms with Crippen LogP contribution in [0.1, 0.15) is 43.4 Å². The minimum Gasteiger partial charge on any atom is -0.343 e. The highest BCUT2D eigenvalue weighted by Gasteiger charge is 2.24. The number of rotatable bonds is 5. The number of likely N-dealkylation sites (tertiary alicyclic amines) is 2. The predicted octanol–water partition coefficient (Wildman–Crippen LogP) is 5.17. The second kappa shape index (κ2) is 8.28. The van der Waals surface area contributed by atoms with Crippen LogP contribution >= 0.6 is 22.9 Å². The Morgan fingerprint density at radius 1 is 1.15 bits per heavy atom. The maximum Gasteiger partial charge on any atom is 0.222 e. The Morgan fingerprint density at radius 2 is 1.96 bits per heavy atom. The van der Waals surface area contributed by atoms with Crippen molar-refractivity contribution in [1.82, 2.24) is 9.80 Å². The van der Waals surface area contributed by atoms with E-state index in [-0.39, 0.29) is 0 Å². The number of fused-ring (bicyclic) bond motifs is 1. The summed E-state index contributed by atoms with van der Waals surface area (Å²) in [7, 11) is 0. The van der Waals surface area contributed by atoms with E-state index < -0.39 is 0 Å². The van der Waals surface area contributed by atoms with Crippen LogP contribution in [0.15, 0.2) is 24.3 Å². The molecule has 1 aromatic carbocycles. The predicted molar refractivity (Wildman–Crippen MR) is 110 cm³/mol. The molecule has 1 atom stereocenters. The summed E-state index contributed by atoms with van der Waals surface area (Å²) in [6, 6.07) is 8.39. The Morgan fingerprint density at radius 3 is 2.77 bits per heavy atom. The van der Waals surface area contributed by atoms with Crippen molar-refractivity contribution in [2.24, 2.45) is 5.92 Å². The van der Waals surface area contributed by atoms with Crippen LogP contribution in [-0.2, 0) is 11.3 Å². The van der Waals surface area contributed by atoms with Gasteiger partial charge in [-0.1, -0.05) is 29.8 Å². The molecule has 4 rings (SSSR count). The van der Waals surface area contributed by atoms with E-state index >= 15 is 0 Å². The fraction of sp³-hybridized carbons (Fsp3) is 0.571. The van der Waals surface area contributed by atoms with Gasteiger partial charge in [0.15, 0.2) is 0 Å². The number of hydrogen-bond donors (Lipinski definition) is 0. The molecule has 0 N–H and O–H groups in total. The average Bonchev–Trinajstić information content (AvgIpc) is 3.30. The topological polar surface area (TPSA) is 23.6 Å². The average molecular weight is 391 g/mol. The molecule has 1 amide bonds. The molecule has 2 fully saturated rings. The Bertz CT molecular complexity index is 768. The van der Waals surface area contributed by atoms with Crippen molar-refractivity contribution in [3.8, 4) is 0 Å². The molecule has 2 saturated heterocycles. The third kappa shape index (κ3) is 4.08. The third-order valence-corrected chi connectivity index (χ3v) is 7.50. The fourth-order valence-corrected chi connectivity index (χ4v) is 5.89. The van der Waals surface area contributed by atoms with Gasteiger partial charge < -0.3 is 4.90 Å². The van der Waals surface area contributed by atoms with E-state index in [0.29, 0.717) is 11.8 Å². The summed E-state index contributed by atoms with van der Waals surface area (Å²) in [4.78, 5) is 18.2. The number of carbonyl (C=O) groups is 1. The van der Waals surface area contributed by atoms with Crippen LogP contribution in [0, 0.1) is 5.92 Å². The van der Waals surface area contributed by atoms with Gasteiger partial charge in [0, 0.05) is 47.6 Å². The van der Waals surface area contributed by atoms with Crippen molar-refractivity contribution in [1.29, 1.82) is 0 Å². The first kappa shape index (κ1) is 18.3. The molecule has 5 heteroatoms. The molecule has 2 aliphatic heterocycles. The summed E-state index contributed by atoms with van der Waals surface area (Å²) in [5.74, 6) is 1.01. The van der Waals surface area contributed by atoms with Gasteiger partial charge in [0.2, 0.25) is 5.91 Å². The van der Waals surface area contributed by atoms with Crippen LogP contribution in [0.25, 0.3) is 10.1 Å². The van der Waals surface area contributed by atoms with Crippen LogP contribution in [0.3, 0.4) is 0 Å². The first-order valence-corrected chi connectivity index (χ1v) is 11.1. The van der Waals surface area contributed by atoms with Crippen LogP contribution in [0.4, 0.5) is 0 Å². The molecule has 0 bridgehead atoms. The molecular weight excluding hydrogens is 364 g/mol. The van der Waals surface area contributed by atoms with Crippen molar-refractivity contribution in [3.63, 3.8) is 0 Å². The summed E-state index contributed by atoms with van der Waals surface area (Å²) < 4.78 is 1.28. The lowest BCUT2D eigenvalue weighted by Crippen LogP contribution is -2.35. The number of carbonyl (C=O) groups excluding carboxylic acids is 1. The van der Waals surface area contributed by atoms with Crippen molar-refractivity contribution >= 4 is 38.9 Å². The van der Waals surface area contributed by atoms with Gasteiger partial charge in [-0.15, -0.1) is 11.3 Å². The summed E-state index contributed by atoms with van der Waals surface area (Å²) in [6.45, 7) is 5.12. The lowest BCUT2D eigenvalue weighted by molar-refractivity contribution is -0.130. The first-order valence-electron chi connectivity index (χ1n) is 9.87. The summed E-state index contributed by atoms with van der Waals surface area (Å²) >= 11 is 8.44. The fourth-order valence-electron chi connectivity index (χ4n) is 4.35. The molecule has 2 aliphatic rings. The Hall–Kier alpha value is -1.10. The number of benzene rings is 1. The van der Waals surface area contributed by atoms with Crippen molar-refractivity contribution in [3.05, 3.63) is 34.2 Å². The number of amides is 1. The van der Waals surface area contributed by atoms with Gasteiger partial charge >= 0.3 is 0 Å². The number of nitrogens with zero attached hydrogens (tertiary/aromatic N) is 2. The summed E-state index contributed by atoms with van der Waals surface area (Å²) in [5.41, 5.74) is 0. The second-order valence-corrected chi connectivity index (χ2v) is 9.22. The van der Waals surface area contributed by atoms with Gasteiger partial charge in [0.25, 0.3) is 0 Å². The van der Waals surface area contributed by atoms with Gasteiger partial charge in [-0.2, -0.15) is 0 Å². The normalized spacial score (nSPS) is 21.6. The van der Waals surface area contributed by atoms with E-state index in [1.165, 1.54) is 40.6 Å². The zero-order valence-corrected chi connectivity index (χ0v) is 16.8. The molecule has 140 valence electrons. The molecule has 26 heavy (non-hydrogen) atoms. The molecule has 1 aromatic heterocycles. The molecule has 0 spiro atoms. The molecule has 2 aromatic rings. The molecule has 0 unspecified atom stereocenters. The van der Waals surface area contributed by atoms with Gasteiger partial charge in [0.05, 0.1) is 5.02 Å². The zero-order chi connectivity index (χ0) is 17.9. The monoisotopic (exact) mass is 390 g/mol. The van der Waals surface area contributed by atoms with E-state index in [0.717, 1.165) is 50.6 Å². The quantitative estimate of drug-likeness (QED) is 0.703. The van der Waals surface area contributed by atoms with Crippen LogP contribution in [0.5, 0.6) is 0 Å². The third-order valence-electron chi connectivity index (χ3n) is 5.80. The molecule has 0 saturated carbocycles. The lowest BCUT2D eigenvalue weighted by atomic mass is 9.93. The van der Waals surface area contributed by atoms with Crippen molar-refractivity contribution < 1.29 is 4.79 Å². The molecule has 3 nitrogen and oxygen atoms in total. The summed E-state index contributed by atoms with van der Waals surface area (Å²) in [6.07, 6.45) is 6.60. The molecule has 3 heterocycles. The maximum atomic E-state index is 12.3. The van der Waals surface area contributed by atoms with Crippen LogP contribution < -0.4 is 0 Å². The van der Waals surface area contributed by atoms with Crippen LogP contribution in [0.2, 0.25) is 5.02 Å².